The summed E-state index contributed by atoms with van der Waals surface area (Å²) in [6.45, 7) is 7.61. The number of fused-ring (bicyclic) bond motifs is 12. The smallest absolute Gasteiger partial charge is 0.850 e. The van der Waals surface area contributed by atoms with Gasteiger partial charge in [-0.3, -0.25) is 0 Å². The van der Waals surface area contributed by atoms with E-state index in [4.69, 9.17) is 18.9 Å². The molecule has 21 aromatic rings. The van der Waals surface area contributed by atoms with Gasteiger partial charge in [-0.05, 0) is 251 Å². The molecule has 3 aromatic heterocycles. The number of rotatable bonds is 18. The third-order valence-electron chi connectivity index (χ3n) is 27.8. The molecule has 25 rings (SSSR count). The maximum atomic E-state index is 10.1. The fraction of sp³-hybridized carbons (Fsp3) is 0.169. The zero-order valence-electron chi connectivity index (χ0n) is 80.1. The molecule has 11 heteroatoms. The minimum absolute atomic E-state index is 0. The first-order valence-electron chi connectivity index (χ1n) is 49.1. The predicted molar refractivity (Wildman–Crippen MR) is 589 cm³/mol. The van der Waals surface area contributed by atoms with Crippen molar-refractivity contribution in [2.24, 2.45) is 0 Å². The van der Waals surface area contributed by atoms with Gasteiger partial charge in [0, 0.05) is 83.0 Å². The standard InChI is InChI=1S/C48H32N2O2.C31H21N.C28H37P.C18H13BrO2.C4H9O.CH4.Na/c1-4-14-35(15-5-1)49-45-22-12-10-20-41(45)43-28-33(24-26-47(43)49)34-25-27-48-44(29-34)42-21-11-13-23-46(42)50(48)36-30-39(51-37-16-6-2-7-17-37)32-40(31-36)52-38-18-8-3-9-19-38;1-2-9-25(10-3-1)32-30-13-7-6-12-27(30)29-20-22(16-17-31(29)32)21-14-15-24-18-23-8-4-5-11-26(23)28(24)19-21;1-27(29(25-18-10-4-11-19-25)26-20-12-5-13-21-26)22-28(27,23-14-6-2-7-15-23)24-16-8-3-9-17-24;19-14-11-17(20-15-7-3-1-4-8-15)13-18(12-14)21-16-9-5-2-6-10-16;1-4(2,3)5;;/h1-32H;1-17,19-20H,18H2;2-3,6-9,14-17,25-26H,4-5,10-13,18-22H2,1H3;1-13H;1-3H3;1H4;/q;;;;-1;;+1. The summed E-state index contributed by atoms with van der Waals surface area (Å²) in [5, 5.41) is 18.0. The van der Waals surface area contributed by atoms with Crippen molar-refractivity contribution < 1.29 is 53.6 Å². The number of hydrogen-bond donors (Lipinski definition) is 0. The number of aromatic nitrogens is 3. The van der Waals surface area contributed by atoms with E-state index in [9.17, 15) is 5.11 Å². The average molecular weight is 1930 g/mol. The van der Waals surface area contributed by atoms with Gasteiger partial charge in [0.2, 0.25) is 0 Å². The van der Waals surface area contributed by atoms with Crippen LogP contribution in [0.5, 0.6) is 46.0 Å². The Labute approximate surface area is 861 Å². The van der Waals surface area contributed by atoms with E-state index in [-0.39, 0.29) is 50.3 Å². The van der Waals surface area contributed by atoms with Crippen molar-refractivity contribution in [3.8, 4) is 96.4 Å². The summed E-state index contributed by atoms with van der Waals surface area (Å²) >= 11 is 3.48. The fourth-order valence-electron chi connectivity index (χ4n) is 21.8. The zero-order valence-corrected chi connectivity index (χ0v) is 84.6. The number of ether oxygens (including phenoxy) is 4. The average Bonchev–Trinajstić information content (AvgIpc) is 1.50. The van der Waals surface area contributed by atoms with E-state index in [1.165, 1.54) is 175 Å². The molecule has 0 N–H and O–H groups in total. The summed E-state index contributed by atoms with van der Waals surface area (Å²) in [5.41, 5.74) is 25.6. The topological polar surface area (TPSA) is 74.8 Å². The summed E-state index contributed by atoms with van der Waals surface area (Å²) in [6.07, 6.45) is 17.3. The molecule has 0 amide bonds. The minimum atomic E-state index is -0.750. The Morgan fingerprint density at radius 3 is 0.957 bits per heavy atom. The van der Waals surface area contributed by atoms with Crippen LogP contribution in [-0.2, 0) is 11.8 Å². The molecule has 3 fully saturated rings. The molecule has 141 heavy (non-hydrogen) atoms. The Morgan fingerprint density at radius 1 is 0.291 bits per heavy atom. The van der Waals surface area contributed by atoms with Crippen LogP contribution in [0.1, 0.15) is 128 Å². The van der Waals surface area contributed by atoms with Crippen molar-refractivity contribution in [1.29, 1.82) is 0 Å². The van der Waals surface area contributed by atoms with Crippen molar-refractivity contribution >= 4 is 89.3 Å². The second-order valence-corrected chi connectivity index (χ2v) is 42.4. The van der Waals surface area contributed by atoms with Crippen LogP contribution in [0.4, 0.5) is 0 Å². The van der Waals surface area contributed by atoms with Crippen LogP contribution < -0.4 is 53.6 Å². The van der Waals surface area contributed by atoms with Crippen molar-refractivity contribution in [1.82, 2.24) is 13.7 Å². The Balaban J connectivity index is 0.000000123. The van der Waals surface area contributed by atoms with Crippen molar-refractivity contribution in [2.75, 3.05) is 0 Å². The van der Waals surface area contributed by atoms with Gasteiger partial charge in [0.15, 0.2) is 0 Å². The first-order valence-corrected chi connectivity index (χ1v) is 51.4. The van der Waals surface area contributed by atoms with Gasteiger partial charge in [0.25, 0.3) is 0 Å². The monoisotopic (exact) mass is 1930 g/mol. The number of nitrogens with zero attached hydrogens (tertiary/aromatic N) is 3. The van der Waals surface area contributed by atoms with E-state index >= 15 is 0 Å². The Hall–Kier alpha value is -13.6. The van der Waals surface area contributed by atoms with Crippen molar-refractivity contribution in [3.63, 3.8) is 0 Å². The summed E-state index contributed by atoms with van der Waals surface area (Å²) in [4.78, 5) is 0. The van der Waals surface area contributed by atoms with Crippen molar-refractivity contribution in [3.05, 3.63) is 476 Å². The molecular weight excluding hydrogens is 1820 g/mol. The summed E-state index contributed by atoms with van der Waals surface area (Å²) in [6, 6.07) is 158. The summed E-state index contributed by atoms with van der Waals surface area (Å²) in [7, 11) is 0.0380. The number of hydrogen-bond acceptors (Lipinski definition) is 5. The molecule has 18 aromatic carbocycles. The van der Waals surface area contributed by atoms with Crippen LogP contribution in [0.2, 0.25) is 0 Å². The van der Waals surface area contributed by atoms with Gasteiger partial charge in [0.05, 0.1) is 38.8 Å². The number of halogens is 1. The second-order valence-electron chi connectivity index (χ2n) is 38.3. The first-order chi connectivity index (χ1) is 68.2. The molecule has 8 nitrogen and oxygen atoms in total. The van der Waals surface area contributed by atoms with Crippen LogP contribution in [0.25, 0.3) is 116 Å². The van der Waals surface area contributed by atoms with Crippen molar-refractivity contribution in [2.45, 2.75) is 140 Å². The second kappa shape index (κ2) is 43.3. The third-order valence-corrected chi connectivity index (χ3v) is 32.6. The van der Waals surface area contributed by atoms with E-state index in [0.717, 1.165) is 79.1 Å². The van der Waals surface area contributed by atoms with Gasteiger partial charge in [0.1, 0.15) is 46.0 Å². The maximum absolute atomic E-state index is 10.1. The van der Waals surface area contributed by atoms with Crippen LogP contribution in [0, 0.1) is 0 Å². The first kappa shape index (κ1) is 96.3. The van der Waals surface area contributed by atoms with Gasteiger partial charge in [-0.2, -0.15) is 0 Å². The predicted octanol–water partition coefficient (Wildman–Crippen LogP) is 33.3. The van der Waals surface area contributed by atoms with E-state index in [2.05, 4.69) is 340 Å². The zero-order chi connectivity index (χ0) is 94.2. The normalized spacial score (nSPS) is 14.7. The molecule has 3 saturated carbocycles. The van der Waals surface area contributed by atoms with Gasteiger partial charge >= 0.3 is 29.6 Å². The van der Waals surface area contributed by atoms with Gasteiger partial charge in [-0.15, -0.1) is 5.60 Å². The van der Waals surface area contributed by atoms with Crippen LogP contribution in [0.3, 0.4) is 0 Å². The van der Waals surface area contributed by atoms with E-state index in [0.29, 0.717) is 16.7 Å². The summed E-state index contributed by atoms with van der Waals surface area (Å²) in [5.74, 6) is 5.95. The van der Waals surface area contributed by atoms with E-state index in [1.807, 2.05) is 146 Å². The molecule has 3 heterocycles. The summed E-state index contributed by atoms with van der Waals surface area (Å²) < 4.78 is 32.4. The molecule has 0 radical (unpaired) electrons. The van der Waals surface area contributed by atoms with Gasteiger partial charge in [-0.25, -0.2) is 0 Å². The Kier molecular flexibility index (Phi) is 29.5. The van der Waals surface area contributed by atoms with Gasteiger partial charge in [-0.1, -0.05) is 377 Å². The van der Waals surface area contributed by atoms with Crippen LogP contribution in [-0.4, -0.2) is 35.8 Å². The van der Waals surface area contributed by atoms with E-state index < -0.39 is 5.60 Å². The maximum Gasteiger partial charge on any atom is 1.00 e. The Morgan fingerprint density at radius 2 is 0.582 bits per heavy atom. The largest absolute Gasteiger partial charge is 1.00 e. The molecular formula is C130H116BrN3NaO5P. The SMILES string of the molecule is Brc1cc(Oc2ccccc2)cc(Oc2ccccc2)c1.C.CC(C)(C)[O-].CC1(P(C2CCCCC2)C2CCCCC2)CC1(c1ccccc1)c1ccccc1.[Na+].c1ccc(-n2c3ccccc3c3cc(-c4ccc5c(c4)-c4ccccc4C5)ccc32)cc1.c1ccc(Oc2cc(Oc3ccccc3)cc(-n3c4ccccc4c4cc(-c5ccc6c(c5)c5ccccc5n6-c5ccccc5)ccc43)c2)cc1. The van der Waals surface area contributed by atoms with Crippen LogP contribution in [0.15, 0.2) is 453 Å². The molecule has 0 saturated heterocycles. The fourth-order valence-corrected chi connectivity index (χ4v) is 27.4. The van der Waals surface area contributed by atoms with Gasteiger partial charge < -0.3 is 37.8 Å². The quantitative estimate of drug-likeness (QED) is 0.0632. The van der Waals surface area contributed by atoms with E-state index in [1.54, 1.807) is 31.9 Å². The number of benzene rings is 18. The minimum Gasteiger partial charge on any atom is -0.850 e. The molecule has 0 spiro atoms. The molecule has 0 aliphatic heterocycles. The molecule has 4 aliphatic carbocycles. The molecule has 694 valence electrons. The number of para-hydroxylation sites is 9. The molecule has 0 bridgehead atoms. The third kappa shape index (κ3) is 21.0. The molecule has 1 atom stereocenters. The van der Waals surface area contributed by atoms with Crippen LogP contribution >= 0.6 is 23.9 Å². The Bertz CT molecular complexity index is 7670. The molecule has 1 unspecified atom stereocenters. The molecule has 4 aliphatic rings.